The molecule has 1 aromatic rings. The highest BCUT2D eigenvalue weighted by molar-refractivity contribution is 5.92. The molecule has 2 N–H and O–H groups in total. The van der Waals surface area contributed by atoms with E-state index in [1.807, 2.05) is 26.0 Å². The van der Waals surface area contributed by atoms with E-state index in [9.17, 15) is 9.90 Å². The molecular formula is C20H27NO4. The van der Waals surface area contributed by atoms with Crippen molar-refractivity contribution >= 4 is 12.0 Å². The van der Waals surface area contributed by atoms with Crippen LogP contribution in [0.15, 0.2) is 18.2 Å². The lowest BCUT2D eigenvalue weighted by atomic mass is 9.93. The van der Waals surface area contributed by atoms with Crippen LogP contribution in [0.5, 0.6) is 11.5 Å². The number of aliphatic hydroxyl groups is 1. The number of nitrogens with one attached hydrogen (secondary N) is 1. The van der Waals surface area contributed by atoms with Gasteiger partial charge in [0, 0.05) is 29.7 Å². The zero-order valence-corrected chi connectivity index (χ0v) is 15.0. The normalized spacial score (nSPS) is 25.5. The topological polar surface area (TPSA) is 67.8 Å². The smallest absolute Gasteiger partial charge is 0.244 e. The predicted octanol–water partition coefficient (Wildman–Crippen LogP) is 2.84. The average molecular weight is 345 g/mol. The van der Waals surface area contributed by atoms with Gasteiger partial charge in [0.2, 0.25) is 5.91 Å². The summed E-state index contributed by atoms with van der Waals surface area (Å²) in [6.45, 7) is 4.57. The van der Waals surface area contributed by atoms with E-state index in [2.05, 4.69) is 5.32 Å². The third-order valence-electron chi connectivity index (χ3n) is 4.79. The summed E-state index contributed by atoms with van der Waals surface area (Å²) in [6.07, 6.45) is 7.34. The highest BCUT2D eigenvalue weighted by Gasteiger charge is 2.22. The Balaban J connectivity index is 1.67. The van der Waals surface area contributed by atoms with E-state index < -0.39 is 0 Å². The molecule has 136 valence electrons. The third-order valence-corrected chi connectivity index (χ3v) is 4.79. The molecule has 25 heavy (non-hydrogen) atoms. The van der Waals surface area contributed by atoms with Gasteiger partial charge in [-0.2, -0.15) is 0 Å². The lowest BCUT2D eigenvalue weighted by molar-refractivity contribution is -0.117. The first-order valence-electron chi connectivity index (χ1n) is 9.18. The molecule has 0 bridgehead atoms. The highest BCUT2D eigenvalue weighted by atomic mass is 16.5. The van der Waals surface area contributed by atoms with Gasteiger partial charge in [-0.3, -0.25) is 4.79 Å². The van der Waals surface area contributed by atoms with Crippen molar-refractivity contribution in [1.82, 2.24) is 5.32 Å². The second-order valence-electron chi connectivity index (χ2n) is 6.91. The number of aliphatic hydroxyl groups excluding tert-OH is 1. The van der Waals surface area contributed by atoms with Crippen molar-refractivity contribution in [2.45, 2.75) is 64.2 Å². The molecule has 1 unspecified atom stereocenters. The third kappa shape index (κ3) is 4.54. The van der Waals surface area contributed by atoms with E-state index in [0.717, 1.165) is 54.7 Å². The van der Waals surface area contributed by atoms with Gasteiger partial charge in [0.05, 0.1) is 12.7 Å². The van der Waals surface area contributed by atoms with Crippen LogP contribution in [0.2, 0.25) is 0 Å². The summed E-state index contributed by atoms with van der Waals surface area (Å²) < 4.78 is 11.5. The SMILES string of the molecule is CCOc1cc2c(cc1C=CC(=O)NC1CCC(O)CC1)OC(C)C2. The lowest BCUT2D eigenvalue weighted by Crippen LogP contribution is -2.37. The minimum atomic E-state index is -0.216. The molecule has 0 aromatic heterocycles. The van der Waals surface area contributed by atoms with Crippen LogP contribution in [0.4, 0.5) is 0 Å². The summed E-state index contributed by atoms with van der Waals surface area (Å²) >= 11 is 0. The van der Waals surface area contributed by atoms with Crippen molar-refractivity contribution in [2.24, 2.45) is 0 Å². The molecule has 0 spiro atoms. The highest BCUT2D eigenvalue weighted by Crippen LogP contribution is 2.35. The van der Waals surface area contributed by atoms with Crippen molar-refractivity contribution in [3.8, 4) is 11.5 Å². The minimum Gasteiger partial charge on any atom is -0.493 e. The summed E-state index contributed by atoms with van der Waals surface area (Å²) in [5.41, 5.74) is 2.00. The summed E-state index contributed by atoms with van der Waals surface area (Å²) in [6, 6.07) is 4.11. The molecule has 5 heteroatoms. The number of amides is 1. The fraction of sp³-hybridized carbons (Fsp3) is 0.550. The zero-order chi connectivity index (χ0) is 17.8. The van der Waals surface area contributed by atoms with E-state index in [1.54, 1.807) is 12.2 Å². The van der Waals surface area contributed by atoms with Crippen molar-refractivity contribution in [3.63, 3.8) is 0 Å². The van der Waals surface area contributed by atoms with Crippen molar-refractivity contribution in [2.75, 3.05) is 6.61 Å². The van der Waals surface area contributed by atoms with Gasteiger partial charge in [-0.25, -0.2) is 0 Å². The van der Waals surface area contributed by atoms with Crippen LogP contribution < -0.4 is 14.8 Å². The number of carbonyl (C=O) groups excluding carboxylic acids is 1. The fourth-order valence-corrected chi connectivity index (χ4v) is 3.50. The first kappa shape index (κ1) is 17.8. The van der Waals surface area contributed by atoms with Crippen LogP contribution in [0, 0.1) is 0 Å². The van der Waals surface area contributed by atoms with Crippen LogP contribution in [0.25, 0.3) is 6.08 Å². The number of hydrogen-bond acceptors (Lipinski definition) is 4. The Hall–Kier alpha value is -2.01. The molecule has 1 fully saturated rings. The summed E-state index contributed by atoms with van der Waals surface area (Å²) in [5.74, 6) is 1.54. The van der Waals surface area contributed by atoms with Crippen molar-refractivity contribution in [3.05, 3.63) is 29.3 Å². The van der Waals surface area contributed by atoms with Gasteiger partial charge >= 0.3 is 0 Å². The predicted molar refractivity (Wildman–Crippen MR) is 96.8 cm³/mol. The summed E-state index contributed by atoms with van der Waals surface area (Å²) in [7, 11) is 0. The molecule has 5 nitrogen and oxygen atoms in total. The van der Waals surface area contributed by atoms with Gasteiger partial charge < -0.3 is 19.9 Å². The molecule has 1 atom stereocenters. The molecule has 1 saturated carbocycles. The minimum absolute atomic E-state index is 0.112. The Kier molecular flexibility index (Phi) is 5.63. The fourth-order valence-electron chi connectivity index (χ4n) is 3.50. The van der Waals surface area contributed by atoms with E-state index in [-0.39, 0.29) is 24.2 Å². The Bertz CT molecular complexity index is 647. The number of benzene rings is 1. The number of fused-ring (bicyclic) bond motifs is 1. The van der Waals surface area contributed by atoms with E-state index in [1.165, 1.54) is 0 Å². The Morgan fingerprint density at radius 1 is 1.36 bits per heavy atom. The maximum absolute atomic E-state index is 12.2. The van der Waals surface area contributed by atoms with E-state index in [0.29, 0.717) is 6.61 Å². The molecule has 1 aliphatic carbocycles. The van der Waals surface area contributed by atoms with Crippen molar-refractivity contribution in [1.29, 1.82) is 0 Å². The lowest BCUT2D eigenvalue weighted by Gasteiger charge is -2.25. The molecule has 0 radical (unpaired) electrons. The van der Waals surface area contributed by atoms with Crippen molar-refractivity contribution < 1.29 is 19.4 Å². The molecule has 3 rings (SSSR count). The first-order valence-corrected chi connectivity index (χ1v) is 9.18. The number of rotatable bonds is 5. The molecular weight excluding hydrogens is 318 g/mol. The molecule has 1 aliphatic heterocycles. The molecule has 0 saturated heterocycles. The molecule has 1 amide bonds. The average Bonchev–Trinajstić information content (AvgIpc) is 2.94. The second kappa shape index (κ2) is 7.91. The molecule has 2 aliphatic rings. The number of hydrogen-bond donors (Lipinski definition) is 2. The Morgan fingerprint density at radius 2 is 2.12 bits per heavy atom. The number of ether oxygens (including phenoxy) is 2. The quantitative estimate of drug-likeness (QED) is 0.805. The van der Waals surface area contributed by atoms with Crippen LogP contribution in [0.1, 0.15) is 50.7 Å². The second-order valence-corrected chi connectivity index (χ2v) is 6.91. The van der Waals surface area contributed by atoms with Gasteiger partial charge in [0.15, 0.2) is 0 Å². The van der Waals surface area contributed by atoms with Crippen LogP contribution in [-0.2, 0) is 11.2 Å². The van der Waals surface area contributed by atoms with E-state index in [4.69, 9.17) is 9.47 Å². The molecule has 1 aromatic carbocycles. The Morgan fingerprint density at radius 3 is 2.84 bits per heavy atom. The van der Waals surface area contributed by atoms with Gasteiger partial charge in [0.25, 0.3) is 0 Å². The van der Waals surface area contributed by atoms with Gasteiger partial charge in [-0.1, -0.05) is 0 Å². The molecule has 1 heterocycles. The summed E-state index contributed by atoms with van der Waals surface area (Å²) in [5, 5.41) is 12.5. The largest absolute Gasteiger partial charge is 0.493 e. The first-order chi connectivity index (χ1) is 12.0. The standard InChI is InChI=1S/C20H27NO4/c1-3-24-18-12-15-10-13(2)25-19(15)11-14(18)4-9-20(23)21-16-5-7-17(22)8-6-16/h4,9,11-13,16-17,22H,3,5-8,10H2,1-2H3,(H,21,23). The van der Waals surface area contributed by atoms with Gasteiger partial charge in [-0.15, -0.1) is 0 Å². The summed E-state index contributed by atoms with van der Waals surface area (Å²) in [4.78, 5) is 12.2. The number of carbonyl (C=O) groups is 1. The zero-order valence-electron chi connectivity index (χ0n) is 15.0. The van der Waals surface area contributed by atoms with Crippen LogP contribution >= 0.6 is 0 Å². The van der Waals surface area contributed by atoms with Gasteiger partial charge in [-0.05, 0) is 57.7 Å². The van der Waals surface area contributed by atoms with Crippen LogP contribution in [-0.4, -0.2) is 35.9 Å². The maximum atomic E-state index is 12.2. The monoisotopic (exact) mass is 345 g/mol. The van der Waals surface area contributed by atoms with Crippen LogP contribution in [0.3, 0.4) is 0 Å². The van der Waals surface area contributed by atoms with E-state index >= 15 is 0 Å². The Labute approximate surface area is 149 Å². The maximum Gasteiger partial charge on any atom is 0.244 e. The van der Waals surface area contributed by atoms with Gasteiger partial charge in [0.1, 0.15) is 17.6 Å².